The lowest BCUT2D eigenvalue weighted by Gasteiger charge is -2.26. The lowest BCUT2D eigenvalue weighted by molar-refractivity contribution is 1.25. The van der Waals surface area contributed by atoms with E-state index in [0.717, 1.165) is 84.6 Å². The zero-order valence-electron chi connectivity index (χ0n) is 49.2. The predicted octanol–water partition coefficient (Wildman–Crippen LogP) is 21.7. The molecule has 10 aromatic carbocycles. The Bertz CT molecular complexity index is 3670. The van der Waals surface area contributed by atoms with E-state index in [-0.39, 0.29) is 16.8 Å². The van der Waals surface area contributed by atoms with Gasteiger partial charge in [-0.05, 0) is 216 Å². The van der Waals surface area contributed by atoms with Crippen LogP contribution < -0.4 is 14.7 Å². The minimum absolute atomic E-state index is 0.221. The normalized spacial score (nSPS) is 11.2. The van der Waals surface area contributed by atoms with E-state index in [1.165, 1.54) is 33.4 Å². The number of anilines is 9. The highest BCUT2D eigenvalue weighted by atomic mass is 15.2. The zero-order chi connectivity index (χ0) is 59.0. The van der Waals surface area contributed by atoms with Crippen molar-refractivity contribution in [1.29, 1.82) is 10.5 Å². The van der Waals surface area contributed by atoms with Crippen molar-refractivity contribution in [1.82, 2.24) is 0 Å². The molecule has 10 rings (SSSR count). The fourth-order valence-electron chi connectivity index (χ4n) is 10.6. The maximum Gasteiger partial charge on any atom is 0.204 e. The van der Waals surface area contributed by atoms with Gasteiger partial charge in [0.1, 0.15) is 0 Å². The van der Waals surface area contributed by atoms with Crippen molar-refractivity contribution in [3.63, 3.8) is 0 Å². The number of hydrogen-bond donors (Lipinski definition) is 0. The molecule has 0 N–H and O–H groups in total. The molecule has 0 unspecified atom stereocenters. The van der Waals surface area contributed by atoms with E-state index in [1.807, 2.05) is 36.5 Å². The number of rotatable bonds is 15. The Hall–Kier alpha value is -10.7. The fraction of sp³-hybridized carbons (Fsp3) is 0.115. The first-order valence-electron chi connectivity index (χ1n) is 28.3. The highest BCUT2D eigenvalue weighted by molar-refractivity contribution is 5.96. The summed E-state index contributed by atoms with van der Waals surface area (Å²) in [6.07, 6.45) is 11.5. The summed E-state index contributed by atoms with van der Waals surface area (Å²) < 4.78 is 0. The first-order chi connectivity index (χ1) is 40.7. The first kappa shape index (κ1) is 56.6. The molecule has 0 aliphatic carbocycles. The quantitative estimate of drug-likeness (QED) is 0.0756. The molecule has 6 nitrogen and oxygen atoms in total. The Morgan fingerprint density at radius 2 is 0.512 bits per heavy atom. The van der Waals surface area contributed by atoms with Crippen LogP contribution in [0.5, 0.6) is 0 Å². The van der Waals surface area contributed by atoms with Gasteiger partial charge in [0.25, 0.3) is 0 Å². The van der Waals surface area contributed by atoms with E-state index in [4.69, 9.17) is 6.57 Å². The van der Waals surface area contributed by atoms with E-state index in [0.29, 0.717) is 16.7 Å². The molecule has 0 saturated carbocycles. The van der Waals surface area contributed by atoms with Crippen molar-refractivity contribution in [2.24, 2.45) is 0 Å². The molecule has 0 radical (unpaired) electrons. The van der Waals surface area contributed by atoms with Gasteiger partial charge in [-0.25, -0.2) is 4.85 Å². The lowest BCUT2D eigenvalue weighted by atomic mass is 9.88. The summed E-state index contributed by atoms with van der Waals surface area (Å²) in [6.45, 7) is 27.6. The average Bonchev–Trinajstić information content (AvgIpc) is 2.21. The molecule has 0 heterocycles. The first-order valence-corrected chi connectivity index (χ1v) is 28.3. The lowest BCUT2D eigenvalue weighted by Crippen LogP contribution is -2.10. The van der Waals surface area contributed by atoms with Crippen LogP contribution in [0, 0.1) is 91.5 Å². The van der Waals surface area contributed by atoms with Crippen LogP contribution in [0.3, 0.4) is 0 Å². The number of nitriles is 2. The molecule has 0 fully saturated rings. The zero-order valence-corrected chi connectivity index (χ0v) is 49.2. The summed E-state index contributed by atoms with van der Waals surface area (Å²) in [5, 5.41) is 22.5. The molecular formula is C78H66N6. The largest absolute Gasteiger partial charge is 0.310 e. The molecule has 0 amide bonds. The van der Waals surface area contributed by atoms with Gasteiger partial charge in [-0.3, -0.25) is 0 Å². The van der Waals surface area contributed by atoms with Crippen LogP contribution in [-0.2, 0) is 0 Å². The van der Waals surface area contributed by atoms with Crippen molar-refractivity contribution >= 4 is 93.3 Å². The third-order valence-electron chi connectivity index (χ3n) is 15.5. The maximum absolute atomic E-state index is 11.3. The number of nitrogens with zero attached hydrogens (tertiary/aromatic N) is 6. The van der Waals surface area contributed by atoms with E-state index in [1.54, 1.807) is 0 Å². The summed E-state index contributed by atoms with van der Waals surface area (Å²) >= 11 is 0. The van der Waals surface area contributed by atoms with Gasteiger partial charge < -0.3 is 14.7 Å². The van der Waals surface area contributed by atoms with E-state index in [9.17, 15) is 10.5 Å². The molecule has 0 aliphatic rings. The SMILES string of the molecule is [C-]#[N+]c1c(C=Cc2ccc(N(c3ccc(C)cc3)c3ccc(C)cc3)cc2C)c(C#N)c(C=Cc2ccc(N(c3ccc(C)cc3)c3ccc(C)cc3)cc2C)c(C#N)c1C=Cc1ccc(N(c2ccc(C)cc2)c2ccc(C)cc2)cc1C. The van der Waals surface area contributed by atoms with Crippen molar-refractivity contribution in [2.75, 3.05) is 14.7 Å². The average molecular weight is 1090 g/mol. The topological polar surface area (TPSA) is 61.7 Å². The number of hydrogen-bond acceptors (Lipinski definition) is 5. The van der Waals surface area contributed by atoms with Crippen LogP contribution in [0.25, 0.3) is 41.3 Å². The molecule has 10 aromatic rings. The van der Waals surface area contributed by atoms with Gasteiger partial charge in [0, 0.05) is 56.7 Å². The second-order valence-corrected chi connectivity index (χ2v) is 21.8. The van der Waals surface area contributed by atoms with Crippen LogP contribution in [0.4, 0.5) is 56.9 Å². The minimum Gasteiger partial charge on any atom is -0.310 e. The highest BCUT2D eigenvalue weighted by Gasteiger charge is 2.23. The standard InChI is InChI=1S/C78H66N6/c1-52-11-29-64(30-12-52)82(65-31-13-53(2)14-32-65)70-41-23-61(58(7)47-70)26-44-73-76(50-79)74(45-27-62-24-42-71(48-59(62)8)83(66-33-15-54(3)16-34-66)67-35-17-55(4)18-36-67)78(81-10)75(77(73)51-80)46-28-63-25-43-72(49-60(63)9)84(68-37-19-56(5)20-38-68)69-39-21-57(6)22-40-69/h11-49H,1-9H3. The van der Waals surface area contributed by atoms with Gasteiger partial charge >= 0.3 is 0 Å². The number of aryl methyl sites for hydroxylation is 9. The van der Waals surface area contributed by atoms with Crippen molar-refractivity contribution in [3.05, 3.63) is 306 Å². The number of benzene rings is 10. The van der Waals surface area contributed by atoms with Crippen LogP contribution in [-0.4, -0.2) is 0 Å². The Balaban J connectivity index is 1.08. The molecule has 0 atom stereocenters. The van der Waals surface area contributed by atoms with Crippen LogP contribution in [0.15, 0.2) is 200 Å². The summed E-state index contributed by atoms with van der Waals surface area (Å²) in [4.78, 5) is 10.9. The predicted molar refractivity (Wildman–Crippen MR) is 355 cm³/mol. The Morgan fingerprint density at radius 3 is 0.714 bits per heavy atom. The monoisotopic (exact) mass is 1090 g/mol. The maximum atomic E-state index is 11.3. The van der Waals surface area contributed by atoms with Gasteiger partial charge in [-0.2, -0.15) is 10.5 Å². The Kier molecular flexibility index (Phi) is 16.8. The molecule has 0 aliphatic heterocycles. The Labute approximate surface area is 496 Å². The molecule has 84 heavy (non-hydrogen) atoms. The van der Waals surface area contributed by atoms with Gasteiger partial charge in [0.05, 0.1) is 29.8 Å². The second-order valence-electron chi connectivity index (χ2n) is 21.8. The summed E-state index contributed by atoms with van der Waals surface area (Å²) in [5.41, 5.74) is 24.2. The van der Waals surface area contributed by atoms with Crippen molar-refractivity contribution in [2.45, 2.75) is 62.3 Å². The highest BCUT2D eigenvalue weighted by Crippen LogP contribution is 2.42. The summed E-state index contributed by atoms with van der Waals surface area (Å²) in [5.74, 6) is 0. The van der Waals surface area contributed by atoms with Gasteiger partial charge in [-0.15, -0.1) is 0 Å². The van der Waals surface area contributed by atoms with Gasteiger partial charge in [0.15, 0.2) is 0 Å². The molecule has 0 saturated heterocycles. The summed E-state index contributed by atoms with van der Waals surface area (Å²) in [6, 6.07) is 75.3. The van der Waals surface area contributed by atoms with Gasteiger partial charge in [-0.1, -0.05) is 161 Å². The van der Waals surface area contributed by atoms with Crippen molar-refractivity contribution in [3.8, 4) is 12.1 Å². The summed E-state index contributed by atoms with van der Waals surface area (Å²) in [7, 11) is 0. The third kappa shape index (κ3) is 12.3. The molecule has 0 aromatic heterocycles. The smallest absolute Gasteiger partial charge is 0.204 e. The fourth-order valence-corrected chi connectivity index (χ4v) is 10.6. The van der Waals surface area contributed by atoms with Crippen LogP contribution in [0.1, 0.15) is 94.6 Å². The van der Waals surface area contributed by atoms with Crippen molar-refractivity contribution < 1.29 is 0 Å². The molecule has 0 bridgehead atoms. The van der Waals surface area contributed by atoms with Crippen LogP contribution in [0.2, 0.25) is 0 Å². The minimum atomic E-state index is 0.221. The third-order valence-corrected chi connectivity index (χ3v) is 15.5. The molecule has 0 spiro atoms. The van der Waals surface area contributed by atoms with Gasteiger partial charge in [0.2, 0.25) is 5.69 Å². The van der Waals surface area contributed by atoms with E-state index in [2.05, 4.69) is 294 Å². The Morgan fingerprint density at radius 1 is 0.298 bits per heavy atom. The molecule has 408 valence electrons. The van der Waals surface area contributed by atoms with E-state index >= 15 is 0 Å². The van der Waals surface area contributed by atoms with Crippen LogP contribution >= 0.6 is 0 Å². The molecular weight excluding hydrogens is 1020 g/mol. The van der Waals surface area contributed by atoms with E-state index < -0.39 is 0 Å². The second kappa shape index (κ2) is 25.0. The molecule has 6 heteroatoms.